The maximum absolute atomic E-state index is 11.3. The topological polar surface area (TPSA) is 61.5 Å². The summed E-state index contributed by atoms with van der Waals surface area (Å²) in [6.45, 7) is 0. The normalized spacial score (nSPS) is 23.4. The van der Waals surface area contributed by atoms with Crippen LogP contribution in [0.15, 0.2) is 24.3 Å². The van der Waals surface area contributed by atoms with Gasteiger partial charge in [0.1, 0.15) is 11.9 Å². The van der Waals surface area contributed by atoms with Crippen molar-refractivity contribution in [2.75, 3.05) is 7.11 Å². The number of hydrogen-bond donors (Lipinski definition) is 1. The zero-order valence-electron chi connectivity index (χ0n) is 10.6. The Balaban J connectivity index is 1.99. The van der Waals surface area contributed by atoms with E-state index in [2.05, 4.69) is 4.74 Å². The number of carbonyl (C=O) groups excluding carboxylic acids is 1. The first-order valence-corrected chi connectivity index (χ1v) is 6.31. The van der Waals surface area contributed by atoms with E-state index in [1.54, 1.807) is 24.3 Å². The maximum atomic E-state index is 11.3. The van der Waals surface area contributed by atoms with Crippen LogP contribution in [0.5, 0.6) is 5.75 Å². The van der Waals surface area contributed by atoms with Gasteiger partial charge >= 0.3 is 5.97 Å². The molecule has 0 bridgehead atoms. The number of esters is 1. The van der Waals surface area contributed by atoms with E-state index in [1.807, 2.05) is 0 Å². The Morgan fingerprint density at radius 3 is 2.50 bits per heavy atom. The van der Waals surface area contributed by atoms with Crippen LogP contribution in [0.3, 0.4) is 0 Å². The van der Waals surface area contributed by atoms with E-state index < -0.39 is 0 Å². The highest BCUT2D eigenvalue weighted by Gasteiger charge is 2.23. The predicted octanol–water partition coefficient (Wildman–Crippen LogP) is 2.12. The summed E-state index contributed by atoms with van der Waals surface area (Å²) in [5.74, 6) is 0.418. The van der Waals surface area contributed by atoms with Crippen LogP contribution in [0.4, 0.5) is 0 Å². The number of ether oxygens (including phenoxy) is 2. The van der Waals surface area contributed by atoms with Crippen LogP contribution in [-0.4, -0.2) is 25.2 Å². The number of nitrogens with two attached hydrogens (primary N) is 1. The molecule has 2 atom stereocenters. The van der Waals surface area contributed by atoms with Crippen molar-refractivity contribution in [2.24, 2.45) is 5.73 Å². The van der Waals surface area contributed by atoms with Crippen molar-refractivity contribution in [1.29, 1.82) is 0 Å². The molecule has 2 unspecified atom stereocenters. The highest BCUT2D eigenvalue weighted by atomic mass is 16.5. The average molecular weight is 249 g/mol. The molecular weight excluding hydrogens is 230 g/mol. The van der Waals surface area contributed by atoms with Crippen LogP contribution < -0.4 is 10.5 Å². The number of rotatable bonds is 3. The van der Waals surface area contributed by atoms with Crippen LogP contribution in [0, 0.1) is 0 Å². The lowest BCUT2D eigenvalue weighted by molar-refractivity contribution is 0.0600. The standard InChI is InChI=1S/C14H19NO3/c1-17-14(16)10-6-8-11(9-7-10)18-13-5-3-2-4-12(13)15/h6-9,12-13H,2-5,15H2,1H3. The van der Waals surface area contributed by atoms with Gasteiger partial charge in [-0.1, -0.05) is 6.42 Å². The number of benzene rings is 1. The number of carbonyl (C=O) groups is 1. The third kappa shape index (κ3) is 3.01. The summed E-state index contributed by atoms with van der Waals surface area (Å²) in [4.78, 5) is 11.3. The van der Waals surface area contributed by atoms with E-state index in [-0.39, 0.29) is 18.1 Å². The molecule has 0 spiro atoms. The summed E-state index contributed by atoms with van der Waals surface area (Å²) in [5, 5.41) is 0. The van der Waals surface area contributed by atoms with Gasteiger partial charge in [-0.3, -0.25) is 0 Å². The lowest BCUT2D eigenvalue weighted by atomic mass is 9.93. The van der Waals surface area contributed by atoms with Crippen LogP contribution >= 0.6 is 0 Å². The van der Waals surface area contributed by atoms with Crippen molar-refractivity contribution in [3.63, 3.8) is 0 Å². The second kappa shape index (κ2) is 5.87. The molecule has 2 rings (SSSR count). The third-order valence-corrected chi connectivity index (χ3v) is 3.32. The van der Waals surface area contributed by atoms with Gasteiger partial charge in [0.25, 0.3) is 0 Å². The molecule has 1 aliphatic carbocycles. The van der Waals surface area contributed by atoms with Crippen molar-refractivity contribution >= 4 is 5.97 Å². The Labute approximate surface area is 107 Å². The monoisotopic (exact) mass is 249 g/mol. The molecule has 0 heterocycles. The molecule has 2 N–H and O–H groups in total. The number of hydrogen-bond acceptors (Lipinski definition) is 4. The van der Waals surface area contributed by atoms with Crippen LogP contribution in [0.25, 0.3) is 0 Å². The molecule has 4 heteroatoms. The first kappa shape index (κ1) is 12.9. The molecule has 1 saturated carbocycles. The largest absolute Gasteiger partial charge is 0.489 e. The molecule has 98 valence electrons. The molecule has 0 aliphatic heterocycles. The zero-order chi connectivity index (χ0) is 13.0. The van der Waals surface area contributed by atoms with E-state index in [9.17, 15) is 4.79 Å². The highest BCUT2D eigenvalue weighted by Crippen LogP contribution is 2.23. The second-order valence-corrected chi connectivity index (χ2v) is 4.62. The maximum Gasteiger partial charge on any atom is 0.337 e. The van der Waals surface area contributed by atoms with Gasteiger partial charge < -0.3 is 15.2 Å². The molecule has 0 radical (unpaired) electrons. The van der Waals surface area contributed by atoms with E-state index in [1.165, 1.54) is 20.0 Å². The predicted molar refractivity (Wildman–Crippen MR) is 68.6 cm³/mol. The van der Waals surface area contributed by atoms with E-state index in [0.717, 1.165) is 18.6 Å². The fraction of sp³-hybridized carbons (Fsp3) is 0.500. The van der Waals surface area contributed by atoms with E-state index >= 15 is 0 Å². The first-order valence-electron chi connectivity index (χ1n) is 6.31. The number of methoxy groups -OCH3 is 1. The average Bonchev–Trinajstić information content (AvgIpc) is 2.41. The van der Waals surface area contributed by atoms with Gasteiger partial charge in [-0.15, -0.1) is 0 Å². The molecule has 1 aromatic carbocycles. The molecule has 0 saturated heterocycles. The molecule has 0 aromatic heterocycles. The van der Waals surface area contributed by atoms with Gasteiger partial charge in [0.05, 0.1) is 12.7 Å². The molecular formula is C14H19NO3. The lowest BCUT2D eigenvalue weighted by Crippen LogP contribution is -2.41. The van der Waals surface area contributed by atoms with Crippen LogP contribution in [0.2, 0.25) is 0 Å². The van der Waals surface area contributed by atoms with Gasteiger partial charge in [0.2, 0.25) is 0 Å². The molecule has 18 heavy (non-hydrogen) atoms. The Hall–Kier alpha value is -1.55. The summed E-state index contributed by atoms with van der Waals surface area (Å²) >= 11 is 0. The van der Waals surface area contributed by atoms with E-state index in [0.29, 0.717) is 5.56 Å². The Morgan fingerprint density at radius 2 is 1.89 bits per heavy atom. The minimum atomic E-state index is -0.337. The quantitative estimate of drug-likeness (QED) is 0.833. The van der Waals surface area contributed by atoms with Gasteiger partial charge in [-0.2, -0.15) is 0 Å². The molecule has 1 aromatic rings. The fourth-order valence-electron chi connectivity index (χ4n) is 2.23. The Kier molecular flexibility index (Phi) is 4.20. The summed E-state index contributed by atoms with van der Waals surface area (Å²) < 4.78 is 10.5. The van der Waals surface area contributed by atoms with Gasteiger partial charge in [0.15, 0.2) is 0 Å². The minimum Gasteiger partial charge on any atom is -0.489 e. The third-order valence-electron chi connectivity index (χ3n) is 3.32. The van der Waals surface area contributed by atoms with Crippen LogP contribution in [-0.2, 0) is 4.74 Å². The van der Waals surface area contributed by atoms with Gasteiger partial charge in [-0.05, 0) is 43.5 Å². The summed E-state index contributed by atoms with van der Waals surface area (Å²) in [7, 11) is 1.37. The molecule has 1 fully saturated rings. The first-order chi connectivity index (χ1) is 8.70. The fourth-order valence-corrected chi connectivity index (χ4v) is 2.23. The summed E-state index contributed by atoms with van der Waals surface area (Å²) in [6, 6.07) is 7.09. The molecule has 4 nitrogen and oxygen atoms in total. The summed E-state index contributed by atoms with van der Waals surface area (Å²) in [6.07, 6.45) is 4.45. The highest BCUT2D eigenvalue weighted by molar-refractivity contribution is 5.89. The van der Waals surface area contributed by atoms with Crippen molar-refractivity contribution in [3.8, 4) is 5.75 Å². The second-order valence-electron chi connectivity index (χ2n) is 4.62. The minimum absolute atomic E-state index is 0.0859. The zero-order valence-corrected chi connectivity index (χ0v) is 10.6. The smallest absolute Gasteiger partial charge is 0.337 e. The summed E-state index contributed by atoms with van der Waals surface area (Å²) in [5.41, 5.74) is 6.55. The van der Waals surface area contributed by atoms with E-state index in [4.69, 9.17) is 10.5 Å². The Morgan fingerprint density at radius 1 is 1.22 bits per heavy atom. The van der Waals surface area contributed by atoms with Crippen molar-refractivity contribution in [3.05, 3.63) is 29.8 Å². The van der Waals surface area contributed by atoms with Crippen molar-refractivity contribution < 1.29 is 14.3 Å². The molecule has 0 amide bonds. The van der Waals surface area contributed by atoms with Gasteiger partial charge in [0, 0.05) is 6.04 Å². The van der Waals surface area contributed by atoms with Crippen LogP contribution in [0.1, 0.15) is 36.0 Å². The SMILES string of the molecule is COC(=O)c1ccc(OC2CCCCC2N)cc1. The lowest BCUT2D eigenvalue weighted by Gasteiger charge is -2.29. The van der Waals surface area contributed by atoms with Crippen molar-refractivity contribution in [1.82, 2.24) is 0 Å². The van der Waals surface area contributed by atoms with Crippen molar-refractivity contribution in [2.45, 2.75) is 37.8 Å². The Bertz CT molecular complexity index is 402. The molecule has 1 aliphatic rings. The van der Waals surface area contributed by atoms with Gasteiger partial charge in [-0.25, -0.2) is 4.79 Å².